The second-order valence-corrected chi connectivity index (χ2v) is 5.81. The van der Waals surface area contributed by atoms with Gasteiger partial charge in [-0.25, -0.2) is 0 Å². The van der Waals surface area contributed by atoms with Crippen LogP contribution in [0.1, 0.15) is 65.2 Å². The fraction of sp³-hybridized carbons (Fsp3) is 1.00. The predicted octanol–water partition coefficient (Wildman–Crippen LogP) is 4.39. The quantitative estimate of drug-likeness (QED) is 0.561. The van der Waals surface area contributed by atoms with Crippen LogP contribution in [0.2, 0.25) is 0 Å². The van der Waals surface area contributed by atoms with Gasteiger partial charge in [-0.3, -0.25) is 0 Å². The lowest BCUT2D eigenvalue weighted by Gasteiger charge is -2.34. The van der Waals surface area contributed by atoms with Crippen molar-refractivity contribution in [3.63, 3.8) is 0 Å². The molecule has 2 saturated carbocycles. The Morgan fingerprint density at radius 2 is 1.69 bits per heavy atom. The van der Waals surface area contributed by atoms with Crippen molar-refractivity contribution in [2.24, 2.45) is 17.3 Å². The van der Waals surface area contributed by atoms with Crippen LogP contribution < -0.4 is 0 Å². The first-order valence-corrected chi connectivity index (χ1v) is 6.22. The molecule has 0 heterocycles. The molecule has 0 nitrogen and oxygen atoms in total. The van der Waals surface area contributed by atoms with Gasteiger partial charge in [0.2, 0.25) is 0 Å². The first-order valence-electron chi connectivity index (χ1n) is 6.22. The van der Waals surface area contributed by atoms with Crippen LogP contribution in [-0.4, -0.2) is 0 Å². The van der Waals surface area contributed by atoms with Crippen molar-refractivity contribution < 1.29 is 0 Å². The topological polar surface area (TPSA) is 0 Å². The first-order chi connectivity index (χ1) is 6.22. The average molecular weight is 180 g/mol. The highest BCUT2D eigenvalue weighted by Gasteiger charge is 2.40. The van der Waals surface area contributed by atoms with Crippen LogP contribution in [-0.2, 0) is 0 Å². The smallest absolute Gasteiger partial charge is 0.0295 e. The van der Waals surface area contributed by atoms with Crippen molar-refractivity contribution in [2.75, 3.05) is 0 Å². The van der Waals surface area contributed by atoms with Gasteiger partial charge in [-0.1, -0.05) is 33.1 Å². The maximum absolute atomic E-state index is 2.41. The third-order valence-electron chi connectivity index (χ3n) is 4.60. The molecule has 1 unspecified atom stereocenters. The van der Waals surface area contributed by atoms with Crippen LogP contribution >= 0.6 is 0 Å². The molecule has 0 heteroatoms. The molecular formula is C13H24. The van der Waals surface area contributed by atoms with Crippen molar-refractivity contribution in [3.8, 4) is 0 Å². The predicted molar refractivity (Wildman–Crippen MR) is 57.7 cm³/mol. The molecule has 0 radical (unpaired) electrons. The van der Waals surface area contributed by atoms with Gasteiger partial charge in [0.25, 0.3) is 0 Å². The fourth-order valence-electron chi connectivity index (χ4n) is 3.58. The van der Waals surface area contributed by atoms with E-state index in [1.807, 2.05) is 0 Å². The Bertz CT molecular complexity index is 163. The third kappa shape index (κ3) is 1.92. The van der Waals surface area contributed by atoms with E-state index >= 15 is 0 Å². The van der Waals surface area contributed by atoms with E-state index in [0.717, 1.165) is 17.3 Å². The van der Waals surface area contributed by atoms with Crippen LogP contribution in [0, 0.1) is 17.3 Å². The zero-order chi connectivity index (χ0) is 9.31. The van der Waals surface area contributed by atoms with E-state index < -0.39 is 0 Å². The molecule has 1 atom stereocenters. The van der Waals surface area contributed by atoms with Crippen LogP contribution in [0.4, 0.5) is 0 Å². The number of hydrogen-bond donors (Lipinski definition) is 0. The molecule has 0 aromatic carbocycles. The maximum atomic E-state index is 2.41. The number of rotatable bonds is 1. The molecule has 2 rings (SSSR count). The molecule has 0 bridgehead atoms. The molecule has 0 amide bonds. The van der Waals surface area contributed by atoms with Crippen molar-refractivity contribution in [1.82, 2.24) is 0 Å². The van der Waals surface area contributed by atoms with Crippen molar-refractivity contribution in [1.29, 1.82) is 0 Å². The molecule has 0 N–H and O–H groups in total. The molecule has 76 valence electrons. The summed E-state index contributed by atoms with van der Waals surface area (Å²) in [6, 6.07) is 0. The van der Waals surface area contributed by atoms with Crippen LogP contribution in [0.5, 0.6) is 0 Å². The van der Waals surface area contributed by atoms with Gasteiger partial charge >= 0.3 is 0 Å². The largest absolute Gasteiger partial charge is 0.0625 e. The molecule has 0 aromatic heterocycles. The van der Waals surface area contributed by atoms with Gasteiger partial charge < -0.3 is 0 Å². The summed E-state index contributed by atoms with van der Waals surface area (Å²) in [5.41, 5.74) is 0.827. The summed E-state index contributed by atoms with van der Waals surface area (Å²) in [7, 11) is 0. The highest BCUT2D eigenvalue weighted by Crippen LogP contribution is 2.52. The molecule has 0 aliphatic heterocycles. The summed E-state index contributed by atoms with van der Waals surface area (Å²) < 4.78 is 0. The van der Waals surface area contributed by atoms with E-state index in [4.69, 9.17) is 0 Å². The molecule has 0 saturated heterocycles. The monoisotopic (exact) mass is 180 g/mol. The molecule has 2 aliphatic carbocycles. The Balaban J connectivity index is 1.94. The summed E-state index contributed by atoms with van der Waals surface area (Å²) >= 11 is 0. The lowest BCUT2D eigenvalue weighted by molar-refractivity contribution is 0.182. The van der Waals surface area contributed by atoms with E-state index in [0.29, 0.717) is 0 Å². The zero-order valence-corrected chi connectivity index (χ0v) is 9.31. The SMILES string of the molecule is CC(C)C1CCC2(CCCCC2)C1. The highest BCUT2D eigenvalue weighted by atomic mass is 14.4. The average Bonchev–Trinajstić information content (AvgIpc) is 2.51. The Labute approximate surface area is 83.1 Å². The second kappa shape index (κ2) is 3.63. The standard InChI is InChI=1S/C13H24/c1-11(2)12-6-9-13(10-12)7-4-3-5-8-13/h11-12H,3-10H2,1-2H3. The van der Waals surface area contributed by atoms with Crippen molar-refractivity contribution in [2.45, 2.75) is 65.2 Å². The summed E-state index contributed by atoms with van der Waals surface area (Å²) in [6.07, 6.45) is 12.3. The zero-order valence-electron chi connectivity index (χ0n) is 9.31. The maximum Gasteiger partial charge on any atom is -0.0295 e. The Morgan fingerprint density at radius 1 is 1.00 bits per heavy atom. The van der Waals surface area contributed by atoms with Gasteiger partial charge in [-0.15, -0.1) is 0 Å². The van der Waals surface area contributed by atoms with Crippen molar-refractivity contribution >= 4 is 0 Å². The third-order valence-corrected chi connectivity index (χ3v) is 4.60. The summed E-state index contributed by atoms with van der Waals surface area (Å²) in [5, 5.41) is 0. The fourth-order valence-corrected chi connectivity index (χ4v) is 3.58. The summed E-state index contributed by atoms with van der Waals surface area (Å²) in [4.78, 5) is 0. The Hall–Kier alpha value is 0. The Morgan fingerprint density at radius 3 is 2.23 bits per heavy atom. The van der Waals surface area contributed by atoms with Gasteiger partial charge in [-0.05, 0) is 49.4 Å². The summed E-state index contributed by atoms with van der Waals surface area (Å²) in [6.45, 7) is 4.82. The minimum absolute atomic E-state index is 0.827. The van der Waals surface area contributed by atoms with Gasteiger partial charge in [0.1, 0.15) is 0 Å². The van der Waals surface area contributed by atoms with E-state index in [2.05, 4.69) is 13.8 Å². The van der Waals surface area contributed by atoms with Gasteiger partial charge in [0.15, 0.2) is 0 Å². The lowest BCUT2D eigenvalue weighted by atomic mass is 9.72. The van der Waals surface area contributed by atoms with Gasteiger partial charge in [0.05, 0.1) is 0 Å². The van der Waals surface area contributed by atoms with Crippen LogP contribution in [0.25, 0.3) is 0 Å². The molecule has 13 heavy (non-hydrogen) atoms. The van der Waals surface area contributed by atoms with E-state index in [-0.39, 0.29) is 0 Å². The minimum Gasteiger partial charge on any atom is -0.0625 e. The van der Waals surface area contributed by atoms with Gasteiger partial charge in [0, 0.05) is 0 Å². The minimum atomic E-state index is 0.827. The van der Waals surface area contributed by atoms with E-state index in [1.54, 1.807) is 25.7 Å². The van der Waals surface area contributed by atoms with E-state index in [1.165, 1.54) is 25.7 Å². The molecule has 2 fully saturated rings. The van der Waals surface area contributed by atoms with Crippen LogP contribution in [0.3, 0.4) is 0 Å². The lowest BCUT2D eigenvalue weighted by Crippen LogP contribution is -2.21. The van der Waals surface area contributed by atoms with E-state index in [9.17, 15) is 0 Å². The molecular weight excluding hydrogens is 156 g/mol. The van der Waals surface area contributed by atoms with Gasteiger partial charge in [-0.2, -0.15) is 0 Å². The highest BCUT2D eigenvalue weighted by molar-refractivity contribution is 4.91. The van der Waals surface area contributed by atoms with Crippen LogP contribution in [0.15, 0.2) is 0 Å². The number of hydrogen-bond acceptors (Lipinski definition) is 0. The molecule has 0 aromatic rings. The van der Waals surface area contributed by atoms with Crippen molar-refractivity contribution in [3.05, 3.63) is 0 Å². The molecule has 1 spiro atoms. The molecule has 2 aliphatic rings. The summed E-state index contributed by atoms with van der Waals surface area (Å²) in [5.74, 6) is 1.99. The Kier molecular flexibility index (Phi) is 2.67. The normalized spacial score (nSPS) is 33.0. The second-order valence-electron chi connectivity index (χ2n) is 5.81. The first kappa shape index (κ1) is 9.55.